The highest BCUT2D eigenvalue weighted by Crippen LogP contribution is 2.14. The zero-order chi connectivity index (χ0) is 11.6. The van der Waals surface area contributed by atoms with Crippen molar-refractivity contribution < 1.29 is 9.53 Å². The molecule has 0 aliphatic rings. The summed E-state index contributed by atoms with van der Waals surface area (Å²) in [6.45, 7) is 2.23. The minimum Gasteiger partial charge on any atom is -0.485 e. The summed E-state index contributed by atoms with van der Waals surface area (Å²) in [4.78, 5) is 10.00. The van der Waals surface area contributed by atoms with Gasteiger partial charge in [-0.15, -0.1) is 0 Å². The van der Waals surface area contributed by atoms with Crippen LogP contribution in [0.1, 0.15) is 38.2 Å². The lowest BCUT2D eigenvalue weighted by atomic mass is 10.1. The highest BCUT2D eigenvalue weighted by molar-refractivity contribution is 5.52. The van der Waals surface area contributed by atoms with Gasteiger partial charge in [-0.05, 0) is 30.5 Å². The van der Waals surface area contributed by atoms with E-state index in [0.717, 1.165) is 12.2 Å². The third-order valence-corrected chi connectivity index (χ3v) is 2.54. The Hall–Kier alpha value is -1.31. The molecule has 0 aromatic heterocycles. The van der Waals surface area contributed by atoms with E-state index in [-0.39, 0.29) is 6.61 Å². The highest BCUT2D eigenvalue weighted by atomic mass is 16.5. The van der Waals surface area contributed by atoms with Gasteiger partial charge in [-0.25, -0.2) is 0 Å². The first kappa shape index (κ1) is 12.8. The van der Waals surface area contributed by atoms with Crippen LogP contribution in [0.2, 0.25) is 0 Å². The van der Waals surface area contributed by atoms with Gasteiger partial charge in [-0.1, -0.05) is 38.3 Å². The topological polar surface area (TPSA) is 26.3 Å². The second-order valence-corrected chi connectivity index (χ2v) is 3.89. The summed E-state index contributed by atoms with van der Waals surface area (Å²) in [6.07, 6.45) is 7.97. The van der Waals surface area contributed by atoms with Crippen molar-refractivity contribution in [3.63, 3.8) is 0 Å². The van der Waals surface area contributed by atoms with Crippen LogP contribution in [-0.4, -0.2) is 12.9 Å². The van der Waals surface area contributed by atoms with E-state index < -0.39 is 0 Å². The number of unbranched alkanes of at least 4 members (excludes halogenated alkanes) is 3. The fraction of sp³-hybridized carbons (Fsp3) is 0.500. The van der Waals surface area contributed by atoms with Gasteiger partial charge in [0.05, 0.1) is 0 Å². The van der Waals surface area contributed by atoms with Gasteiger partial charge in [0.15, 0.2) is 6.61 Å². The van der Waals surface area contributed by atoms with Gasteiger partial charge in [0.1, 0.15) is 5.75 Å². The molecule has 0 atom stereocenters. The lowest BCUT2D eigenvalue weighted by Crippen LogP contribution is -1.97. The number of rotatable bonds is 8. The minimum atomic E-state index is 0.00977. The molecule has 2 heteroatoms. The van der Waals surface area contributed by atoms with Gasteiger partial charge in [0.2, 0.25) is 6.29 Å². The molecule has 1 aromatic carbocycles. The first-order chi connectivity index (χ1) is 7.86. The normalized spacial score (nSPS) is 10.1. The lowest BCUT2D eigenvalue weighted by molar-refractivity contribution is 0.365. The van der Waals surface area contributed by atoms with Crippen LogP contribution in [0.5, 0.6) is 5.75 Å². The molecule has 0 heterocycles. The molecular formula is C14H19O2. The van der Waals surface area contributed by atoms with E-state index in [1.807, 2.05) is 12.1 Å². The Balaban J connectivity index is 2.30. The van der Waals surface area contributed by atoms with Gasteiger partial charge in [-0.3, -0.25) is 4.79 Å². The van der Waals surface area contributed by atoms with Crippen LogP contribution in [0, 0.1) is 0 Å². The standard InChI is InChI=1S/C14H19O2/c1-2-3-4-5-6-13-7-9-14(10-8-13)16-12-11-15/h7-10H,2-6,12H2,1H3. The summed E-state index contributed by atoms with van der Waals surface area (Å²) in [5.41, 5.74) is 1.33. The van der Waals surface area contributed by atoms with Crippen molar-refractivity contribution in [2.45, 2.75) is 39.0 Å². The predicted molar refractivity (Wildman–Crippen MR) is 65.5 cm³/mol. The third-order valence-electron chi connectivity index (χ3n) is 2.54. The Morgan fingerprint density at radius 1 is 1.12 bits per heavy atom. The smallest absolute Gasteiger partial charge is 0.239 e. The van der Waals surface area contributed by atoms with Crippen molar-refractivity contribution in [3.8, 4) is 5.75 Å². The van der Waals surface area contributed by atoms with Crippen LogP contribution in [-0.2, 0) is 11.2 Å². The zero-order valence-corrected chi connectivity index (χ0v) is 9.87. The molecule has 0 fully saturated rings. The van der Waals surface area contributed by atoms with E-state index in [2.05, 4.69) is 19.1 Å². The zero-order valence-electron chi connectivity index (χ0n) is 9.87. The molecule has 1 aromatic rings. The summed E-state index contributed by atoms with van der Waals surface area (Å²) in [6, 6.07) is 7.94. The Morgan fingerprint density at radius 3 is 2.50 bits per heavy atom. The maximum Gasteiger partial charge on any atom is 0.239 e. The van der Waals surface area contributed by atoms with Crippen molar-refractivity contribution in [3.05, 3.63) is 29.8 Å². The van der Waals surface area contributed by atoms with E-state index >= 15 is 0 Å². The average Bonchev–Trinajstić information content (AvgIpc) is 2.33. The van der Waals surface area contributed by atoms with Crippen LogP contribution in [0.25, 0.3) is 0 Å². The molecular weight excluding hydrogens is 200 g/mol. The van der Waals surface area contributed by atoms with Crippen LogP contribution in [0.4, 0.5) is 0 Å². The monoisotopic (exact) mass is 219 g/mol. The molecule has 16 heavy (non-hydrogen) atoms. The first-order valence-corrected chi connectivity index (χ1v) is 5.93. The molecule has 0 aliphatic carbocycles. The molecule has 0 saturated carbocycles. The average molecular weight is 219 g/mol. The molecule has 0 N–H and O–H groups in total. The maximum absolute atomic E-state index is 10.00. The fourth-order valence-corrected chi connectivity index (χ4v) is 1.62. The quantitative estimate of drug-likeness (QED) is 0.627. The van der Waals surface area contributed by atoms with Gasteiger partial charge in [-0.2, -0.15) is 0 Å². The summed E-state index contributed by atoms with van der Waals surface area (Å²) in [7, 11) is 0. The van der Waals surface area contributed by atoms with Gasteiger partial charge in [0.25, 0.3) is 0 Å². The second kappa shape index (κ2) is 7.91. The van der Waals surface area contributed by atoms with Crippen molar-refractivity contribution in [1.29, 1.82) is 0 Å². The minimum absolute atomic E-state index is 0.00977. The molecule has 1 radical (unpaired) electrons. The SMILES string of the molecule is CCCCCCc1ccc(OC[C]=O)cc1. The van der Waals surface area contributed by atoms with Gasteiger partial charge < -0.3 is 4.74 Å². The molecule has 87 valence electrons. The first-order valence-electron chi connectivity index (χ1n) is 5.93. The van der Waals surface area contributed by atoms with Crippen LogP contribution in [0.15, 0.2) is 24.3 Å². The molecule has 0 bridgehead atoms. The van der Waals surface area contributed by atoms with E-state index in [4.69, 9.17) is 4.74 Å². The number of hydrogen-bond donors (Lipinski definition) is 0. The maximum atomic E-state index is 10.00. The van der Waals surface area contributed by atoms with E-state index in [1.165, 1.54) is 31.2 Å². The number of hydrogen-bond acceptors (Lipinski definition) is 2. The molecule has 0 aliphatic heterocycles. The Morgan fingerprint density at radius 2 is 1.88 bits per heavy atom. The Bertz CT molecular complexity index is 290. The summed E-state index contributed by atoms with van der Waals surface area (Å²) in [5.74, 6) is 0.737. The van der Waals surface area contributed by atoms with E-state index in [0.29, 0.717) is 0 Å². The Labute approximate surface area is 97.6 Å². The van der Waals surface area contributed by atoms with Crippen LogP contribution in [0.3, 0.4) is 0 Å². The summed E-state index contributed by atoms with van der Waals surface area (Å²) >= 11 is 0. The van der Waals surface area contributed by atoms with Crippen LogP contribution < -0.4 is 4.74 Å². The van der Waals surface area contributed by atoms with Crippen molar-refractivity contribution in [2.75, 3.05) is 6.61 Å². The number of benzene rings is 1. The van der Waals surface area contributed by atoms with Crippen molar-refractivity contribution in [1.82, 2.24) is 0 Å². The summed E-state index contributed by atoms with van der Waals surface area (Å²) < 4.78 is 5.13. The molecule has 0 unspecified atom stereocenters. The molecule has 0 amide bonds. The molecule has 1 rings (SSSR count). The Kier molecular flexibility index (Phi) is 6.31. The van der Waals surface area contributed by atoms with Crippen LogP contribution >= 0.6 is 0 Å². The molecule has 2 nitrogen and oxygen atoms in total. The van der Waals surface area contributed by atoms with Crippen molar-refractivity contribution >= 4 is 6.29 Å². The largest absolute Gasteiger partial charge is 0.485 e. The lowest BCUT2D eigenvalue weighted by Gasteiger charge is -2.04. The van der Waals surface area contributed by atoms with Gasteiger partial charge in [0, 0.05) is 0 Å². The molecule has 0 spiro atoms. The fourth-order valence-electron chi connectivity index (χ4n) is 1.62. The predicted octanol–water partition coefficient (Wildman–Crippen LogP) is 3.30. The van der Waals surface area contributed by atoms with Crippen molar-refractivity contribution in [2.24, 2.45) is 0 Å². The highest BCUT2D eigenvalue weighted by Gasteiger charge is 1.96. The van der Waals surface area contributed by atoms with E-state index in [1.54, 1.807) is 6.29 Å². The number of aryl methyl sites for hydroxylation is 1. The third kappa shape index (κ3) is 4.96. The van der Waals surface area contributed by atoms with Gasteiger partial charge >= 0.3 is 0 Å². The number of ether oxygens (including phenoxy) is 1. The summed E-state index contributed by atoms with van der Waals surface area (Å²) in [5, 5.41) is 0. The molecule has 0 saturated heterocycles. The number of carbonyl (C=O) groups excluding carboxylic acids is 1. The second-order valence-electron chi connectivity index (χ2n) is 3.89. The van der Waals surface area contributed by atoms with E-state index in [9.17, 15) is 4.79 Å².